The van der Waals surface area contributed by atoms with Gasteiger partial charge in [0, 0.05) is 27.2 Å². The van der Waals surface area contributed by atoms with Gasteiger partial charge in [-0.3, -0.25) is 4.84 Å². The van der Waals surface area contributed by atoms with Gasteiger partial charge in [0.1, 0.15) is 11.4 Å². The van der Waals surface area contributed by atoms with Crippen LogP contribution >= 0.6 is 11.6 Å². The van der Waals surface area contributed by atoms with Crippen molar-refractivity contribution in [2.24, 2.45) is 4.99 Å². The van der Waals surface area contributed by atoms with E-state index in [0.29, 0.717) is 18.9 Å². The summed E-state index contributed by atoms with van der Waals surface area (Å²) in [5.41, 5.74) is -0.512. The first-order valence-corrected chi connectivity index (χ1v) is 6.83. The predicted octanol–water partition coefficient (Wildman–Crippen LogP) is 2.00. The molecule has 122 valence electrons. The third-order valence-corrected chi connectivity index (χ3v) is 2.63. The molecule has 0 fully saturated rings. The lowest BCUT2D eigenvalue weighted by atomic mass is 10.2. The number of halogens is 1. The molecule has 21 heavy (non-hydrogen) atoms. The fraction of sp³-hybridized carbons (Fsp3) is 0.692. The summed E-state index contributed by atoms with van der Waals surface area (Å²) < 4.78 is 5.13. The number of hydrogen-bond donors (Lipinski definition) is 1. The van der Waals surface area contributed by atoms with Gasteiger partial charge in [0.15, 0.2) is 0 Å². The molecule has 0 rings (SSSR count). The van der Waals surface area contributed by atoms with E-state index >= 15 is 0 Å². The Morgan fingerprint density at radius 2 is 1.95 bits per heavy atom. The third-order valence-electron chi connectivity index (χ3n) is 2.31. The Morgan fingerprint density at radius 3 is 2.43 bits per heavy atom. The summed E-state index contributed by atoms with van der Waals surface area (Å²) in [6.07, 6.45) is -0.456. The van der Waals surface area contributed by atoms with Gasteiger partial charge >= 0.3 is 6.09 Å². The van der Waals surface area contributed by atoms with E-state index in [1.807, 2.05) is 20.8 Å². The van der Waals surface area contributed by atoms with E-state index in [9.17, 15) is 4.79 Å². The zero-order valence-electron chi connectivity index (χ0n) is 13.6. The molecule has 0 aromatic carbocycles. The molecule has 0 aliphatic carbocycles. The smallest absolute Gasteiger partial charge is 0.407 e. The minimum atomic E-state index is -0.512. The summed E-state index contributed by atoms with van der Waals surface area (Å²) in [7, 11) is 4.90. The monoisotopic (exact) mass is 320 g/mol. The Bertz CT molecular complexity index is 393. The molecule has 0 aromatic rings. The Morgan fingerprint density at radius 1 is 1.38 bits per heavy atom. The van der Waals surface area contributed by atoms with Crippen LogP contribution in [-0.4, -0.2) is 61.2 Å². The number of nitrogens with zero attached hydrogens (tertiary/aromatic N) is 3. The number of hydrogen-bond acceptors (Lipinski definition) is 5. The van der Waals surface area contributed by atoms with Gasteiger partial charge in [0.05, 0.1) is 7.11 Å². The molecular weight excluding hydrogens is 296 g/mol. The summed E-state index contributed by atoms with van der Waals surface area (Å²) in [6, 6.07) is 0. The number of carbonyl (C=O) groups is 1. The number of likely N-dealkylation sites (N-methyl/N-ethyl adjacent to an activating group) is 1. The van der Waals surface area contributed by atoms with Crippen LogP contribution in [0.4, 0.5) is 4.79 Å². The molecule has 0 saturated heterocycles. The Labute approximate surface area is 131 Å². The maximum absolute atomic E-state index is 11.5. The molecule has 1 N–H and O–H groups in total. The number of carbonyl (C=O) groups excluding carboxylic acids is 1. The molecule has 0 heterocycles. The van der Waals surface area contributed by atoms with E-state index in [-0.39, 0.29) is 5.29 Å². The molecule has 0 atom stereocenters. The number of rotatable bonds is 6. The number of amides is 1. The maximum atomic E-state index is 11.5. The first kappa shape index (κ1) is 19.5. The minimum absolute atomic E-state index is 0.162. The van der Waals surface area contributed by atoms with Crippen molar-refractivity contribution in [3.8, 4) is 0 Å². The standard InChI is InChI=1S/C13H25ClN4O3/c1-10(16-11(14)18(6)20-7)17(5)9-8-15-12(19)21-13(2,3)4/h1,8-9H2,2-7H3,(H,15,19). The molecule has 0 aromatic heterocycles. The SMILES string of the molecule is C=C(N=C(Cl)N(C)OC)N(C)CCNC(=O)OC(C)(C)C. The number of aliphatic imine (C=N–C) groups is 1. The molecule has 0 spiro atoms. The van der Waals surface area contributed by atoms with Crippen molar-refractivity contribution in [3.05, 3.63) is 12.4 Å². The maximum Gasteiger partial charge on any atom is 0.407 e. The largest absolute Gasteiger partial charge is 0.444 e. The first-order chi connectivity index (χ1) is 9.56. The number of alkyl carbamates (subject to hydrolysis) is 1. The van der Waals surface area contributed by atoms with Gasteiger partial charge in [0.2, 0.25) is 5.29 Å². The van der Waals surface area contributed by atoms with Gasteiger partial charge in [-0.15, -0.1) is 0 Å². The van der Waals surface area contributed by atoms with Crippen LogP contribution in [0.25, 0.3) is 0 Å². The Balaban J connectivity index is 4.18. The van der Waals surface area contributed by atoms with E-state index in [4.69, 9.17) is 21.2 Å². The highest BCUT2D eigenvalue weighted by Crippen LogP contribution is 2.07. The average molecular weight is 321 g/mol. The summed E-state index contributed by atoms with van der Waals surface area (Å²) in [5.74, 6) is 0.454. The second kappa shape index (κ2) is 8.74. The second-order valence-corrected chi connectivity index (χ2v) is 5.67. The minimum Gasteiger partial charge on any atom is -0.444 e. The number of nitrogens with one attached hydrogen (secondary N) is 1. The number of amidine groups is 1. The number of ether oxygens (including phenoxy) is 1. The summed E-state index contributed by atoms with van der Waals surface area (Å²) in [5, 5.41) is 4.12. The van der Waals surface area contributed by atoms with Crippen LogP contribution in [0.5, 0.6) is 0 Å². The molecule has 8 heteroatoms. The third kappa shape index (κ3) is 9.14. The molecule has 0 saturated carbocycles. The van der Waals surface area contributed by atoms with Crippen molar-refractivity contribution in [3.63, 3.8) is 0 Å². The molecule has 0 aliphatic rings. The van der Waals surface area contributed by atoms with Gasteiger partial charge in [0.25, 0.3) is 0 Å². The first-order valence-electron chi connectivity index (χ1n) is 6.45. The summed E-state index contributed by atoms with van der Waals surface area (Å²) in [4.78, 5) is 22.2. The van der Waals surface area contributed by atoms with Crippen molar-refractivity contribution in [2.45, 2.75) is 26.4 Å². The zero-order chi connectivity index (χ0) is 16.6. The summed E-state index contributed by atoms with van der Waals surface area (Å²) >= 11 is 5.90. The van der Waals surface area contributed by atoms with Crippen molar-refractivity contribution in [1.29, 1.82) is 0 Å². The highest BCUT2D eigenvalue weighted by atomic mass is 35.5. The Kier molecular flexibility index (Phi) is 8.12. The van der Waals surface area contributed by atoms with Crippen LogP contribution in [0.15, 0.2) is 17.4 Å². The van der Waals surface area contributed by atoms with Gasteiger partial charge < -0.3 is 15.0 Å². The lowest BCUT2D eigenvalue weighted by Gasteiger charge is -2.22. The topological polar surface area (TPSA) is 66.4 Å². The molecule has 0 radical (unpaired) electrons. The van der Waals surface area contributed by atoms with E-state index in [1.54, 1.807) is 19.0 Å². The van der Waals surface area contributed by atoms with E-state index in [1.165, 1.54) is 12.2 Å². The van der Waals surface area contributed by atoms with Gasteiger partial charge in [-0.05, 0) is 32.4 Å². The lowest BCUT2D eigenvalue weighted by Crippen LogP contribution is -2.36. The zero-order valence-corrected chi connectivity index (χ0v) is 14.3. The van der Waals surface area contributed by atoms with Crippen LogP contribution < -0.4 is 5.32 Å². The normalized spacial score (nSPS) is 11.9. The van der Waals surface area contributed by atoms with Gasteiger partial charge in [-0.2, -0.15) is 0 Å². The number of hydroxylamine groups is 2. The molecular formula is C13H25ClN4O3. The molecule has 0 unspecified atom stereocenters. The highest BCUT2D eigenvalue weighted by molar-refractivity contribution is 6.64. The lowest BCUT2D eigenvalue weighted by molar-refractivity contribution is -0.0389. The van der Waals surface area contributed by atoms with Gasteiger partial charge in [-0.1, -0.05) is 6.58 Å². The Hall–Kier alpha value is -1.47. The molecule has 0 aliphatic heterocycles. The average Bonchev–Trinajstić information content (AvgIpc) is 2.35. The van der Waals surface area contributed by atoms with E-state index in [2.05, 4.69) is 16.9 Å². The van der Waals surface area contributed by atoms with E-state index in [0.717, 1.165) is 0 Å². The van der Waals surface area contributed by atoms with Crippen LogP contribution in [0, 0.1) is 0 Å². The van der Waals surface area contributed by atoms with Crippen LogP contribution in [0.2, 0.25) is 0 Å². The van der Waals surface area contributed by atoms with Crippen molar-refractivity contribution in [1.82, 2.24) is 15.3 Å². The highest BCUT2D eigenvalue weighted by Gasteiger charge is 2.15. The fourth-order valence-electron chi connectivity index (χ4n) is 1.11. The van der Waals surface area contributed by atoms with Crippen LogP contribution in [-0.2, 0) is 9.57 Å². The quantitative estimate of drug-likeness (QED) is 0.351. The van der Waals surface area contributed by atoms with Crippen LogP contribution in [0.3, 0.4) is 0 Å². The van der Waals surface area contributed by atoms with Gasteiger partial charge in [-0.25, -0.2) is 14.9 Å². The van der Waals surface area contributed by atoms with Crippen LogP contribution in [0.1, 0.15) is 20.8 Å². The van der Waals surface area contributed by atoms with E-state index < -0.39 is 11.7 Å². The molecule has 0 bridgehead atoms. The summed E-state index contributed by atoms with van der Waals surface area (Å²) in [6.45, 7) is 10.1. The fourth-order valence-corrected chi connectivity index (χ4v) is 1.27. The van der Waals surface area contributed by atoms with Crippen molar-refractivity contribution in [2.75, 3.05) is 34.3 Å². The molecule has 7 nitrogen and oxygen atoms in total. The molecule has 1 amide bonds. The second-order valence-electron chi connectivity index (χ2n) is 5.33. The van der Waals surface area contributed by atoms with Crippen molar-refractivity contribution >= 4 is 23.0 Å². The van der Waals surface area contributed by atoms with Crippen molar-refractivity contribution < 1.29 is 14.4 Å². The predicted molar refractivity (Wildman–Crippen MR) is 84.1 cm³/mol.